The van der Waals surface area contributed by atoms with Crippen molar-refractivity contribution in [2.45, 2.75) is 44.2 Å². The highest BCUT2D eigenvalue weighted by Gasteiger charge is 2.29. The molecule has 0 atom stereocenters. The van der Waals surface area contributed by atoms with Gasteiger partial charge >= 0.3 is 6.18 Å². The molecule has 1 N–H and O–H groups in total. The van der Waals surface area contributed by atoms with Gasteiger partial charge in [0.15, 0.2) is 6.61 Å². The summed E-state index contributed by atoms with van der Waals surface area (Å²) >= 11 is 0. The Morgan fingerprint density at radius 1 is 1.19 bits per heavy atom. The lowest BCUT2D eigenvalue weighted by Gasteiger charge is -2.20. The second kappa shape index (κ2) is 5.94. The zero-order valence-corrected chi connectivity index (χ0v) is 13.0. The molecule has 0 aliphatic heterocycles. The van der Waals surface area contributed by atoms with Crippen LogP contribution in [0.5, 0.6) is 0 Å². The molecule has 0 aliphatic carbocycles. The number of alkyl halides is 3. The van der Waals surface area contributed by atoms with E-state index in [0.717, 1.165) is 5.56 Å². The van der Waals surface area contributed by atoms with E-state index in [1.807, 2.05) is 20.8 Å². The van der Waals surface area contributed by atoms with Gasteiger partial charge in [-0.05, 0) is 29.5 Å². The lowest BCUT2D eigenvalue weighted by Crippen LogP contribution is -2.30. The highest BCUT2D eigenvalue weighted by atomic mass is 32.2. The van der Waals surface area contributed by atoms with E-state index < -0.39 is 22.8 Å². The number of halogens is 3. The largest absolute Gasteiger partial charge is 0.413 e. The SMILES string of the molecule is Cc1ccc(C(C)(C)C)cc1S(=O)(=O)NOCC(F)(F)F. The van der Waals surface area contributed by atoms with Crippen LogP contribution in [0.3, 0.4) is 0 Å². The number of rotatable bonds is 4. The topological polar surface area (TPSA) is 55.4 Å². The molecular formula is C13H18F3NO3S. The predicted octanol–water partition coefficient (Wildman–Crippen LogP) is 3.06. The first-order valence-corrected chi connectivity index (χ1v) is 7.63. The Hall–Kier alpha value is -1.12. The van der Waals surface area contributed by atoms with Gasteiger partial charge in [0, 0.05) is 0 Å². The molecule has 0 heterocycles. The maximum atomic E-state index is 12.0. The van der Waals surface area contributed by atoms with Crippen LogP contribution in [0.1, 0.15) is 31.9 Å². The second-order valence-electron chi connectivity index (χ2n) is 5.72. The van der Waals surface area contributed by atoms with Crippen LogP contribution in [-0.4, -0.2) is 21.2 Å². The van der Waals surface area contributed by atoms with Crippen molar-refractivity contribution in [3.63, 3.8) is 0 Å². The first kappa shape index (κ1) is 17.9. The number of aryl methyl sites for hydroxylation is 1. The molecular weight excluding hydrogens is 307 g/mol. The van der Waals surface area contributed by atoms with Crippen molar-refractivity contribution in [1.29, 1.82) is 0 Å². The molecule has 0 radical (unpaired) electrons. The van der Waals surface area contributed by atoms with Crippen LogP contribution in [0.25, 0.3) is 0 Å². The molecule has 8 heteroatoms. The second-order valence-corrected chi connectivity index (χ2v) is 7.33. The van der Waals surface area contributed by atoms with E-state index in [-0.39, 0.29) is 10.3 Å². The average Bonchev–Trinajstić information content (AvgIpc) is 2.25. The smallest absolute Gasteiger partial charge is 0.277 e. The van der Waals surface area contributed by atoms with Crippen molar-refractivity contribution in [2.24, 2.45) is 0 Å². The van der Waals surface area contributed by atoms with Gasteiger partial charge in [-0.1, -0.05) is 37.8 Å². The molecule has 1 rings (SSSR count). The van der Waals surface area contributed by atoms with Gasteiger partial charge in [-0.25, -0.2) is 8.42 Å². The quantitative estimate of drug-likeness (QED) is 0.866. The Labute approximate surface area is 122 Å². The summed E-state index contributed by atoms with van der Waals surface area (Å²) in [4.78, 5) is 5.44. The van der Waals surface area contributed by atoms with Crippen LogP contribution in [0.15, 0.2) is 23.1 Å². The molecule has 0 fully saturated rings. The van der Waals surface area contributed by atoms with Crippen molar-refractivity contribution in [3.05, 3.63) is 29.3 Å². The van der Waals surface area contributed by atoms with E-state index in [1.165, 1.54) is 11.0 Å². The third kappa shape index (κ3) is 5.29. The third-order valence-electron chi connectivity index (χ3n) is 2.75. The molecule has 1 aromatic rings. The highest BCUT2D eigenvalue weighted by Crippen LogP contribution is 2.26. The van der Waals surface area contributed by atoms with Gasteiger partial charge in [0.1, 0.15) is 0 Å². The van der Waals surface area contributed by atoms with E-state index in [0.29, 0.717) is 5.56 Å². The molecule has 0 saturated heterocycles. The van der Waals surface area contributed by atoms with Crippen molar-refractivity contribution < 1.29 is 26.4 Å². The van der Waals surface area contributed by atoms with Crippen LogP contribution in [0, 0.1) is 6.92 Å². The minimum Gasteiger partial charge on any atom is -0.277 e. The fourth-order valence-electron chi connectivity index (χ4n) is 1.59. The molecule has 0 unspecified atom stereocenters. The fraction of sp³-hybridized carbons (Fsp3) is 0.538. The zero-order valence-electron chi connectivity index (χ0n) is 12.2. The summed E-state index contributed by atoms with van der Waals surface area (Å²) in [6, 6.07) is 4.83. The lowest BCUT2D eigenvalue weighted by molar-refractivity contribution is -0.181. The number of hydrogen-bond acceptors (Lipinski definition) is 3. The Balaban J connectivity index is 3.03. The zero-order chi connectivity index (χ0) is 16.5. The minimum absolute atomic E-state index is 0.0999. The molecule has 1 aromatic carbocycles. The number of benzene rings is 1. The van der Waals surface area contributed by atoms with Gasteiger partial charge in [-0.15, -0.1) is 0 Å². The standard InChI is InChI=1S/C13H18F3NO3S/c1-9-5-6-10(12(2,3)4)7-11(9)21(18,19)17-20-8-13(14,15)16/h5-7,17H,8H2,1-4H3. The molecule has 0 aromatic heterocycles. The van der Waals surface area contributed by atoms with E-state index in [2.05, 4.69) is 4.84 Å². The molecule has 0 saturated carbocycles. The van der Waals surface area contributed by atoms with Crippen molar-refractivity contribution in [3.8, 4) is 0 Å². The summed E-state index contributed by atoms with van der Waals surface area (Å²) in [5, 5.41) is 0. The predicted molar refractivity (Wildman–Crippen MR) is 72.2 cm³/mol. The normalized spacial score (nSPS) is 13.5. The molecule has 120 valence electrons. The first-order chi connectivity index (χ1) is 9.33. The summed E-state index contributed by atoms with van der Waals surface area (Å²) < 4.78 is 59.9. The molecule has 21 heavy (non-hydrogen) atoms. The van der Waals surface area contributed by atoms with Crippen molar-refractivity contribution in [1.82, 2.24) is 4.89 Å². The van der Waals surface area contributed by atoms with Gasteiger partial charge < -0.3 is 0 Å². The van der Waals surface area contributed by atoms with Crippen LogP contribution < -0.4 is 4.89 Å². The minimum atomic E-state index is -4.61. The number of hydrogen-bond donors (Lipinski definition) is 1. The average molecular weight is 325 g/mol. The third-order valence-corrected chi connectivity index (χ3v) is 4.10. The maximum absolute atomic E-state index is 12.0. The molecule has 4 nitrogen and oxygen atoms in total. The van der Waals surface area contributed by atoms with Gasteiger partial charge in [0.05, 0.1) is 4.90 Å². The summed E-state index contributed by atoms with van der Waals surface area (Å²) in [6.45, 7) is 5.58. The molecule has 0 bridgehead atoms. The number of nitrogens with one attached hydrogen (secondary N) is 1. The first-order valence-electron chi connectivity index (χ1n) is 6.14. The van der Waals surface area contributed by atoms with Gasteiger partial charge in [-0.2, -0.15) is 13.2 Å². The summed E-state index contributed by atoms with van der Waals surface area (Å²) in [5.41, 5.74) is 0.889. The maximum Gasteiger partial charge on any atom is 0.413 e. The Morgan fingerprint density at radius 2 is 1.76 bits per heavy atom. The molecule has 0 amide bonds. The van der Waals surface area contributed by atoms with Crippen LogP contribution in [0.2, 0.25) is 0 Å². The monoisotopic (exact) mass is 325 g/mol. The van der Waals surface area contributed by atoms with Gasteiger partial charge in [-0.3, -0.25) is 4.84 Å². The van der Waals surface area contributed by atoms with Crippen molar-refractivity contribution >= 4 is 10.0 Å². The summed E-state index contributed by atoms with van der Waals surface area (Å²) in [5.74, 6) is 0. The Kier molecular flexibility index (Phi) is 5.07. The van der Waals surface area contributed by atoms with Gasteiger partial charge in [0.25, 0.3) is 10.0 Å². The van der Waals surface area contributed by atoms with Gasteiger partial charge in [0.2, 0.25) is 0 Å². The molecule has 0 spiro atoms. The fourth-order valence-corrected chi connectivity index (χ4v) is 2.67. The molecule has 0 aliphatic rings. The summed E-state index contributed by atoms with van der Waals surface area (Å²) in [6.07, 6.45) is -4.61. The Bertz CT molecular complexity index is 604. The van der Waals surface area contributed by atoms with Crippen LogP contribution in [-0.2, 0) is 20.3 Å². The van der Waals surface area contributed by atoms with E-state index in [9.17, 15) is 21.6 Å². The van der Waals surface area contributed by atoms with Crippen LogP contribution >= 0.6 is 0 Å². The Morgan fingerprint density at radius 3 is 2.24 bits per heavy atom. The van der Waals surface area contributed by atoms with E-state index >= 15 is 0 Å². The summed E-state index contributed by atoms with van der Waals surface area (Å²) in [7, 11) is -4.17. The van der Waals surface area contributed by atoms with Crippen molar-refractivity contribution in [2.75, 3.05) is 6.61 Å². The highest BCUT2D eigenvalue weighted by molar-refractivity contribution is 7.89. The number of sulfonamides is 1. The van der Waals surface area contributed by atoms with Crippen LogP contribution in [0.4, 0.5) is 13.2 Å². The van der Waals surface area contributed by atoms with E-state index in [4.69, 9.17) is 0 Å². The lowest BCUT2D eigenvalue weighted by atomic mass is 9.87. The van der Waals surface area contributed by atoms with E-state index in [1.54, 1.807) is 19.1 Å².